The lowest BCUT2D eigenvalue weighted by Crippen LogP contribution is -2.30. The number of aromatic nitrogens is 4. The van der Waals surface area contributed by atoms with E-state index in [0.29, 0.717) is 11.5 Å². The number of piperidine rings is 1. The summed E-state index contributed by atoms with van der Waals surface area (Å²) in [7, 11) is 3.32. The van der Waals surface area contributed by atoms with Crippen molar-refractivity contribution in [1.29, 1.82) is 0 Å². The van der Waals surface area contributed by atoms with Gasteiger partial charge in [-0.05, 0) is 87.1 Å². The van der Waals surface area contributed by atoms with Crippen molar-refractivity contribution in [1.82, 2.24) is 24.9 Å². The van der Waals surface area contributed by atoms with Crippen LogP contribution in [-0.4, -0.2) is 58.7 Å². The van der Waals surface area contributed by atoms with Gasteiger partial charge in [-0.15, -0.1) is 16.4 Å². The van der Waals surface area contributed by atoms with Crippen LogP contribution in [0.2, 0.25) is 0 Å². The Labute approximate surface area is 217 Å². The molecule has 8 heteroatoms. The second-order valence-corrected chi connectivity index (χ2v) is 10.5. The van der Waals surface area contributed by atoms with Gasteiger partial charge in [-0.3, -0.25) is 0 Å². The number of hydrogen-bond acceptors (Lipinski definition) is 7. The quantitative estimate of drug-likeness (QED) is 0.283. The number of likely N-dealkylation sites (tertiary alicyclic amines) is 1. The van der Waals surface area contributed by atoms with Crippen LogP contribution >= 0.6 is 11.3 Å². The van der Waals surface area contributed by atoms with Gasteiger partial charge in [0.05, 0.1) is 30.1 Å². The summed E-state index contributed by atoms with van der Waals surface area (Å²) in [5, 5.41) is 10.1. The van der Waals surface area contributed by atoms with Gasteiger partial charge in [-0.25, -0.2) is 9.67 Å². The summed E-state index contributed by atoms with van der Waals surface area (Å²) in [5.41, 5.74) is 4.38. The van der Waals surface area contributed by atoms with Crippen LogP contribution in [0, 0.1) is 0 Å². The third kappa shape index (κ3) is 5.39. The molecule has 1 saturated heterocycles. The molecule has 190 valence electrons. The van der Waals surface area contributed by atoms with Crippen molar-refractivity contribution < 1.29 is 9.47 Å². The average molecular weight is 506 g/mol. The lowest BCUT2D eigenvalue weighted by molar-refractivity contribution is 0.226. The van der Waals surface area contributed by atoms with Crippen LogP contribution in [0.4, 0.5) is 0 Å². The molecule has 1 atom stereocenters. The highest BCUT2D eigenvalue weighted by atomic mass is 32.1. The van der Waals surface area contributed by atoms with Crippen LogP contribution in [0.3, 0.4) is 0 Å². The number of nitrogens with zero attached hydrogens (tertiary/aromatic N) is 5. The molecule has 1 fully saturated rings. The molecule has 0 spiro atoms. The van der Waals surface area contributed by atoms with E-state index >= 15 is 0 Å². The molecular weight excluding hydrogens is 470 g/mol. The van der Waals surface area contributed by atoms with Gasteiger partial charge in [0, 0.05) is 6.20 Å². The van der Waals surface area contributed by atoms with Crippen LogP contribution < -0.4 is 9.47 Å². The van der Waals surface area contributed by atoms with Gasteiger partial charge in [0.2, 0.25) is 0 Å². The topological polar surface area (TPSA) is 65.3 Å². The van der Waals surface area contributed by atoms with Gasteiger partial charge in [0.1, 0.15) is 11.0 Å². The van der Waals surface area contributed by atoms with Crippen LogP contribution in [0.1, 0.15) is 60.5 Å². The van der Waals surface area contributed by atoms with Crippen LogP contribution in [-0.2, 0) is 12.8 Å². The molecule has 0 radical (unpaired) electrons. The van der Waals surface area contributed by atoms with Gasteiger partial charge < -0.3 is 14.4 Å². The molecule has 3 heterocycles. The molecule has 0 bridgehead atoms. The molecule has 2 aromatic carbocycles. The van der Waals surface area contributed by atoms with E-state index in [1.807, 2.05) is 16.8 Å². The normalized spacial score (nSPS) is 15.3. The maximum absolute atomic E-state index is 5.61. The Morgan fingerprint density at radius 2 is 1.83 bits per heavy atom. The lowest BCUT2D eigenvalue weighted by atomic mass is 10.1. The highest BCUT2D eigenvalue weighted by Crippen LogP contribution is 2.37. The molecule has 1 aliphatic heterocycles. The van der Waals surface area contributed by atoms with Gasteiger partial charge in [0.25, 0.3) is 0 Å². The van der Waals surface area contributed by atoms with E-state index in [1.54, 1.807) is 25.6 Å². The number of benzene rings is 2. The number of hydrogen-bond donors (Lipinski definition) is 0. The molecule has 1 unspecified atom stereocenters. The zero-order valence-corrected chi connectivity index (χ0v) is 22.3. The average Bonchev–Trinajstić information content (AvgIpc) is 3.56. The fraction of sp³-hybridized carbons (Fsp3) is 0.464. The van der Waals surface area contributed by atoms with Gasteiger partial charge in [-0.1, -0.05) is 30.7 Å². The highest BCUT2D eigenvalue weighted by molar-refractivity contribution is 7.18. The Bertz CT molecular complexity index is 1290. The number of aryl methyl sites for hydroxylation is 2. The second kappa shape index (κ2) is 11.4. The van der Waals surface area contributed by atoms with E-state index in [9.17, 15) is 0 Å². The summed E-state index contributed by atoms with van der Waals surface area (Å²) in [6, 6.07) is 12.4. The maximum atomic E-state index is 5.61. The molecule has 0 saturated carbocycles. The largest absolute Gasteiger partial charge is 0.493 e. The van der Waals surface area contributed by atoms with Crippen molar-refractivity contribution in [3.63, 3.8) is 0 Å². The van der Waals surface area contributed by atoms with Crippen molar-refractivity contribution in [2.75, 3.05) is 33.9 Å². The van der Waals surface area contributed by atoms with Gasteiger partial charge >= 0.3 is 0 Å². The minimum absolute atomic E-state index is 0.198. The Balaban J connectivity index is 1.45. The number of fused-ring (bicyclic) bond motifs is 1. The second-order valence-electron chi connectivity index (χ2n) is 9.42. The monoisotopic (exact) mass is 505 g/mol. The van der Waals surface area contributed by atoms with E-state index in [0.717, 1.165) is 47.6 Å². The number of methoxy groups -OCH3 is 2. The first-order chi connectivity index (χ1) is 17.7. The molecule has 0 amide bonds. The Kier molecular flexibility index (Phi) is 7.82. The van der Waals surface area contributed by atoms with Crippen molar-refractivity contribution in [3.8, 4) is 11.5 Å². The number of thiazole rings is 1. The summed E-state index contributed by atoms with van der Waals surface area (Å²) >= 11 is 1.72. The molecule has 2 aromatic heterocycles. The molecule has 4 aromatic rings. The van der Waals surface area contributed by atoms with E-state index < -0.39 is 0 Å². The van der Waals surface area contributed by atoms with Crippen LogP contribution in [0.15, 0.2) is 42.6 Å². The summed E-state index contributed by atoms with van der Waals surface area (Å²) in [5.74, 6) is 1.39. The molecule has 5 rings (SSSR count). The van der Waals surface area contributed by atoms with E-state index in [2.05, 4.69) is 52.6 Å². The van der Waals surface area contributed by atoms with Crippen LogP contribution in [0.5, 0.6) is 11.5 Å². The summed E-state index contributed by atoms with van der Waals surface area (Å²) < 4.78 is 14.2. The summed E-state index contributed by atoms with van der Waals surface area (Å²) in [6.45, 7) is 5.76. The zero-order chi connectivity index (χ0) is 24.9. The Morgan fingerprint density at radius 3 is 2.61 bits per heavy atom. The van der Waals surface area contributed by atoms with Crippen molar-refractivity contribution in [2.45, 2.75) is 51.5 Å². The Hall–Kier alpha value is -2.97. The van der Waals surface area contributed by atoms with Gasteiger partial charge in [-0.2, -0.15) is 0 Å². The van der Waals surface area contributed by atoms with E-state index in [4.69, 9.17) is 14.5 Å². The van der Waals surface area contributed by atoms with Crippen molar-refractivity contribution >= 4 is 21.6 Å². The third-order valence-electron chi connectivity index (χ3n) is 7.01. The minimum Gasteiger partial charge on any atom is -0.493 e. The lowest BCUT2D eigenvalue weighted by Gasteiger charge is -2.26. The standard InChI is InChI=1S/C28H35N5O2S/c1-4-20-10-12-23-26(17-20)36-28(29-23)27(21-11-13-24(34-2)25(18-21)35-3)33-19-22(30-31-33)9-8-16-32-14-6-5-7-15-32/h10-13,17-19,27H,4-9,14-16H2,1-3H3. The fourth-order valence-corrected chi connectivity index (χ4v) is 6.13. The fourth-order valence-electron chi connectivity index (χ4n) is 4.98. The Morgan fingerprint density at radius 1 is 1.00 bits per heavy atom. The predicted molar refractivity (Wildman–Crippen MR) is 144 cm³/mol. The molecule has 0 N–H and O–H groups in total. The molecular formula is C28H35N5O2S. The highest BCUT2D eigenvalue weighted by Gasteiger charge is 2.24. The number of rotatable bonds is 10. The minimum atomic E-state index is -0.198. The SMILES string of the molecule is CCc1ccc2nc(C(c3ccc(OC)c(OC)c3)n3cc(CCCN4CCCCC4)nn3)sc2c1. The molecule has 0 aliphatic carbocycles. The zero-order valence-electron chi connectivity index (χ0n) is 21.4. The first-order valence-corrected chi connectivity index (χ1v) is 13.7. The van der Waals surface area contributed by atoms with Gasteiger partial charge in [0.15, 0.2) is 11.5 Å². The summed E-state index contributed by atoms with van der Waals surface area (Å²) in [4.78, 5) is 7.60. The predicted octanol–water partition coefficient (Wildman–Crippen LogP) is 5.52. The smallest absolute Gasteiger partial charge is 0.161 e. The first kappa shape index (κ1) is 24.7. The van der Waals surface area contributed by atoms with Crippen LogP contribution in [0.25, 0.3) is 10.2 Å². The van der Waals surface area contributed by atoms with Crippen molar-refractivity contribution in [3.05, 3.63) is 64.4 Å². The first-order valence-electron chi connectivity index (χ1n) is 12.9. The van der Waals surface area contributed by atoms with Crippen molar-refractivity contribution in [2.24, 2.45) is 0 Å². The van der Waals surface area contributed by atoms with E-state index in [1.165, 1.54) is 42.6 Å². The molecule has 7 nitrogen and oxygen atoms in total. The number of ether oxygens (including phenoxy) is 2. The molecule has 36 heavy (non-hydrogen) atoms. The maximum Gasteiger partial charge on any atom is 0.161 e. The summed E-state index contributed by atoms with van der Waals surface area (Å²) in [6.07, 6.45) is 9.13. The molecule has 1 aliphatic rings. The third-order valence-corrected chi connectivity index (χ3v) is 8.08. The van der Waals surface area contributed by atoms with E-state index in [-0.39, 0.29) is 6.04 Å².